The van der Waals surface area contributed by atoms with E-state index in [2.05, 4.69) is 22.0 Å². The third kappa shape index (κ3) is 6.13. The van der Waals surface area contributed by atoms with Crippen molar-refractivity contribution in [2.24, 2.45) is 10.1 Å². The second-order valence-corrected chi connectivity index (χ2v) is 5.20. The van der Waals surface area contributed by atoms with E-state index in [0.717, 1.165) is 5.56 Å². The highest BCUT2D eigenvalue weighted by molar-refractivity contribution is 7.77. The first-order valence-corrected chi connectivity index (χ1v) is 6.39. The van der Waals surface area contributed by atoms with Crippen LogP contribution in [0.5, 0.6) is 0 Å². The summed E-state index contributed by atoms with van der Waals surface area (Å²) in [4.78, 5) is 4.15. The van der Waals surface area contributed by atoms with E-state index in [9.17, 15) is 0 Å². The molecule has 0 fully saturated rings. The van der Waals surface area contributed by atoms with Gasteiger partial charge in [-0.05, 0) is 5.17 Å². The van der Waals surface area contributed by atoms with Gasteiger partial charge in [-0.1, -0.05) is 41.5 Å². The molecule has 0 saturated carbocycles. The fourth-order valence-electron chi connectivity index (χ4n) is 1.34. The summed E-state index contributed by atoms with van der Waals surface area (Å²) in [6.45, 7) is 4.11. The Kier molecular flexibility index (Phi) is 5.66. The molecule has 0 heterocycles. The lowest BCUT2D eigenvalue weighted by Gasteiger charge is -2.21. The van der Waals surface area contributed by atoms with E-state index in [1.807, 2.05) is 51.5 Å². The van der Waals surface area contributed by atoms with Gasteiger partial charge >= 0.3 is 0 Å². The molecule has 0 radical (unpaired) electrons. The van der Waals surface area contributed by atoms with Gasteiger partial charge in [0.25, 0.3) is 0 Å². The molecule has 4 nitrogen and oxygen atoms in total. The summed E-state index contributed by atoms with van der Waals surface area (Å²) in [5.41, 5.74) is 0.978. The molecule has 19 heavy (non-hydrogen) atoms. The Hall–Kier alpha value is -1.72. The number of benzene rings is 1. The van der Waals surface area contributed by atoms with Gasteiger partial charge in [-0.3, -0.25) is 4.99 Å². The van der Waals surface area contributed by atoms with Gasteiger partial charge in [0.15, 0.2) is 5.84 Å². The average molecular weight is 276 g/mol. The molecule has 5 heteroatoms. The van der Waals surface area contributed by atoms with Crippen molar-refractivity contribution in [1.82, 2.24) is 5.32 Å². The van der Waals surface area contributed by atoms with Gasteiger partial charge in [-0.25, -0.2) is 4.59 Å². The minimum Gasteiger partial charge on any atom is -0.743 e. The summed E-state index contributed by atoms with van der Waals surface area (Å²) in [5.74, 6) is 0.714. The summed E-state index contributed by atoms with van der Waals surface area (Å²) >= 11 is 5.17. The molecule has 0 atom stereocenters. The maximum Gasteiger partial charge on any atom is 0.193 e. The molecule has 0 amide bonds. The summed E-state index contributed by atoms with van der Waals surface area (Å²) in [7, 11) is 5.94. The minimum absolute atomic E-state index is 0.413. The lowest BCUT2D eigenvalue weighted by atomic mass is 10.2. The lowest BCUT2D eigenvalue weighted by Crippen LogP contribution is -2.37. The first-order valence-electron chi connectivity index (χ1n) is 5.99. The highest BCUT2D eigenvalue weighted by Gasteiger charge is 2.10. The Morgan fingerprint density at radius 1 is 1.32 bits per heavy atom. The van der Waals surface area contributed by atoms with Crippen LogP contribution in [0.2, 0.25) is 0 Å². The molecule has 1 N–H and O–H groups in total. The SMILES string of the molecule is C=CCN=C([S-])N/C(=N\[N+](C)(C)C)c1ccccc1. The molecule has 1 rings (SSSR count). The Balaban J connectivity index is 3.02. The van der Waals surface area contributed by atoms with Gasteiger partial charge in [-0.2, -0.15) is 0 Å². The van der Waals surface area contributed by atoms with Crippen molar-refractivity contribution >= 4 is 23.6 Å². The summed E-state index contributed by atoms with van der Waals surface area (Å²) in [6.07, 6.45) is 1.70. The fraction of sp³-hybridized carbons (Fsp3) is 0.286. The van der Waals surface area contributed by atoms with Gasteiger partial charge in [-0.15, -0.1) is 6.58 Å². The topological polar surface area (TPSA) is 36.8 Å². The number of aliphatic imine (C=N–C) groups is 1. The number of nitrogens with one attached hydrogen (secondary N) is 1. The van der Waals surface area contributed by atoms with Crippen LogP contribution in [0.3, 0.4) is 0 Å². The zero-order chi connectivity index (χ0) is 14.3. The third-order valence-corrected chi connectivity index (χ3v) is 2.27. The monoisotopic (exact) mass is 276 g/mol. The van der Waals surface area contributed by atoms with E-state index in [1.54, 1.807) is 6.08 Å². The van der Waals surface area contributed by atoms with E-state index in [-0.39, 0.29) is 0 Å². The lowest BCUT2D eigenvalue weighted by molar-refractivity contribution is -0.877. The quantitative estimate of drug-likeness (QED) is 0.227. The van der Waals surface area contributed by atoms with Crippen molar-refractivity contribution < 1.29 is 4.59 Å². The number of hydrogen-bond donors (Lipinski definition) is 1. The van der Waals surface area contributed by atoms with Crippen LogP contribution < -0.4 is 5.32 Å². The van der Waals surface area contributed by atoms with Crippen molar-refractivity contribution in [1.29, 1.82) is 0 Å². The zero-order valence-electron chi connectivity index (χ0n) is 11.6. The van der Waals surface area contributed by atoms with Crippen LogP contribution in [0, 0.1) is 0 Å². The predicted molar refractivity (Wildman–Crippen MR) is 84.0 cm³/mol. The van der Waals surface area contributed by atoms with E-state index < -0.39 is 0 Å². The second kappa shape index (κ2) is 7.01. The number of amidine groups is 2. The Labute approximate surface area is 120 Å². The van der Waals surface area contributed by atoms with Gasteiger partial charge in [0.1, 0.15) is 0 Å². The maximum atomic E-state index is 5.17. The van der Waals surface area contributed by atoms with Crippen molar-refractivity contribution in [3.63, 3.8) is 0 Å². The van der Waals surface area contributed by atoms with Crippen LogP contribution in [-0.4, -0.2) is 43.3 Å². The smallest absolute Gasteiger partial charge is 0.193 e. The highest BCUT2D eigenvalue weighted by atomic mass is 32.1. The van der Waals surface area contributed by atoms with Gasteiger partial charge < -0.3 is 17.9 Å². The fourth-order valence-corrected chi connectivity index (χ4v) is 1.51. The summed E-state index contributed by atoms with van der Waals surface area (Å²) in [5, 5.41) is 8.09. The van der Waals surface area contributed by atoms with Crippen molar-refractivity contribution in [2.45, 2.75) is 0 Å². The molecule has 0 spiro atoms. The zero-order valence-corrected chi connectivity index (χ0v) is 12.4. The molecular weight excluding hydrogens is 256 g/mol. The Morgan fingerprint density at radius 3 is 2.47 bits per heavy atom. The van der Waals surface area contributed by atoms with Crippen LogP contribution in [0.4, 0.5) is 0 Å². The first kappa shape index (κ1) is 15.3. The molecule has 1 aromatic rings. The molecule has 0 bridgehead atoms. The molecule has 0 aromatic heterocycles. The van der Waals surface area contributed by atoms with Crippen LogP contribution >= 0.6 is 0 Å². The molecule has 0 aliphatic rings. The van der Waals surface area contributed by atoms with Crippen LogP contribution in [0.25, 0.3) is 0 Å². The minimum atomic E-state index is 0.413. The number of quaternary nitrogens is 1. The molecule has 0 aliphatic heterocycles. The third-order valence-electron chi connectivity index (χ3n) is 2.04. The van der Waals surface area contributed by atoms with Crippen molar-refractivity contribution in [3.8, 4) is 0 Å². The summed E-state index contributed by atoms with van der Waals surface area (Å²) in [6, 6.07) is 9.86. The Morgan fingerprint density at radius 2 is 1.95 bits per heavy atom. The second-order valence-electron chi connectivity index (χ2n) is 4.82. The van der Waals surface area contributed by atoms with Crippen LogP contribution in [0.15, 0.2) is 53.1 Å². The van der Waals surface area contributed by atoms with E-state index in [4.69, 9.17) is 12.6 Å². The van der Waals surface area contributed by atoms with Crippen molar-refractivity contribution in [2.75, 3.05) is 27.7 Å². The molecular formula is C14H20N4S. The van der Waals surface area contributed by atoms with E-state index in [0.29, 0.717) is 22.1 Å². The predicted octanol–water partition coefficient (Wildman–Crippen LogP) is 1.73. The number of rotatable bonds is 4. The van der Waals surface area contributed by atoms with Gasteiger partial charge in [0, 0.05) is 5.56 Å². The maximum absolute atomic E-state index is 5.17. The average Bonchev–Trinajstić information content (AvgIpc) is 2.35. The number of nitrogens with zero attached hydrogens (tertiary/aromatic N) is 3. The molecule has 0 unspecified atom stereocenters. The molecule has 102 valence electrons. The van der Waals surface area contributed by atoms with E-state index >= 15 is 0 Å². The van der Waals surface area contributed by atoms with E-state index in [1.165, 1.54) is 0 Å². The molecule has 0 aliphatic carbocycles. The molecule has 1 aromatic carbocycles. The Bertz CT molecular complexity index is 472. The standard InChI is InChI=1S/C14H20N4S/c1-5-11-15-14(19)16-13(17-18(2,3)4)12-9-7-6-8-10-12/h5-10H,1,11H2,2-4H3,(H-,15,16,17,19). The molecule has 0 saturated heterocycles. The normalized spacial score (nSPS) is 13.2. The van der Waals surface area contributed by atoms with Gasteiger partial charge in [0.05, 0.1) is 27.7 Å². The number of hydrogen-bond acceptors (Lipinski definition) is 3. The summed E-state index contributed by atoms with van der Waals surface area (Å²) < 4.78 is 0.446. The largest absolute Gasteiger partial charge is 0.743 e. The highest BCUT2D eigenvalue weighted by Crippen LogP contribution is 2.03. The van der Waals surface area contributed by atoms with Crippen molar-refractivity contribution in [3.05, 3.63) is 48.6 Å². The van der Waals surface area contributed by atoms with Crippen LogP contribution in [-0.2, 0) is 12.6 Å². The van der Waals surface area contributed by atoms with Crippen LogP contribution in [0.1, 0.15) is 5.56 Å². The van der Waals surface area contributed by atoms with Gasteiger partial charge in [0.2, 0.25) is 0 Å². The first-order chi connectivity index (χ1) is 8.92.